The van der Waals surface area contributed by atoms with Crippen molar-refractivity contribution >= 4 is 18.1 Å². The molecule has 2 aromatic carbocycles. The van der Waals surface area contributed by atoms with Gasteiger partial charge in [-0.1, -0.05) is 62.2 Å². The number of hydrogen-bond acceptors (Lipinski definition) is 2. The minimum Gasteiger partial charge on any atom is -0.377 e. The molecule has 0 amide bonds. The summed E-state index contributed by atoms with van der Waals surface area (Å²) in [5.74, 6) is 0. The second-order valence-electron chi connectivity index (χ2n) is 6.65. The number of nitrogens with zero attached hydrogens (tertiary/aromatic N) is 1. The van der Waals surface area contributed by atoms with Gasteiger partial charge in [-0.25, -0.2) is 0 Å². The largest absolute Gasteiger partial charge is 0.377 e. The van der Waals surface area contributed by atoms with E-state index in [9.17, 15) is 0 Å². The predicted molar refractivity (Wildman–Crippen MR) is 106 cm³/mol. The molecular formula is C21H29ClN2. The molecule has 1 N–H and O–H groups in total. The van der Waals surface area contributed by atoms with Crippen LogP contribution in [0.5, 0.6) is 0 Å². The van der Waals surface area contributed by atoms with Crippen LogP contribution in [0, 0.1) is 0 Å². The summed E-state index contributed by atoms with van der Waals surface area (Å²) >= 11 is 0. The Bertz CT molecular complexity index is 614. The van der Waals surface area contributed by atoms with Crippen molar-refractivity contribution in [1.29, 1.82) is 0 Å². The van der Waals surface area contributed by atoms with Crippen molar-refractivity contribution in [1.82, 2.24) is 4.90 Å². The van der Waals surface area contributed by atoms with Gasteiger partial charge in [0, 0.05) is 11.7 Å². The van der Waals surface area contributed by atoms with E-state index in [1.165, 1.54) is 42.6 Å². The normalized spacial score (nSPS) is 19.0. The van der Waals surface area contributed by atoms with Crippen molar-refractivity contribution in [3.63, 3.8) is 0 Å². The number of likely N-dealkylation sites (N-methyl/N-ethyl adjacent to an activating group) is 1. The van der Waals surface area contributed by atoms with Gasteiger partial charge in [0.25, 0.3) is 0 Å². The van der Waals surface area contributed by atoms with Crippen molar-refractivity contribution in [2.45, 2.75) is 44.7 Å². The quantitative estimate of drug-likeness (QED) is 0.685. The highest BCUT2D eigenvalue weighted by Crippen LogP contribution is 2.36. The second kappa shape index (κ2) is 9.10. The molecule has 0 aliphatic heterocycles. The Labute approximate surface area is 152 Å². The van der Waals surface area contributed by atoms with E-state index in [-0.39, 0.29) is 12.4 Å². The van der Waals surface area contributed by atoms with Gasteiger partial charge in [-0.2, -0.15) is 0 Å². The molecule has 0 aromatic heterocycles. The fraction of sp³-hybridized carbons (Fsp3) is 0.429. The number of unbranched alkanes of at least 4 members (excludes halogenated alkanes) is 2. The van der Waals surface area contributed by atoms with Gasteiger partial charge in [-0.3, -0.25) is 0 Å². The van der Waals surface area contributed by atoms with E-state index in [0.29, 0.717) is 12.1 Å². The monoisotopic (exact) mass is 344 g/mol. The maximum atomic E-state index is 3.78. The van der Waals surface area contributed by atoms with Crippen LogP contribution in [0.1, 0.15) is 43.4 Å². The first-order chi connectivity index (χ1) is 11.3. The van der Waals surface area contributed by atoms with Gasteiger partial charge in [-0.15, -0.1) is 12.4 Å². The van der Waals surface area contributed by atoms with Crippen LogP contribution in [-0.2, 0) is 6.42 Å². The van der Waals surface area contributed by atoms with Gasteiger partial charge in [0.15, 0.2) is 0 Å². The Morgan fingerprint density at radius 2 is 1.71 bits per heavy atom. The fourth-order valence-corrected chi connectivity index (χ4v) is 3.65. The molecule has 1 aliphatic carbocycles. The van der Waals surface area contributed by atoms with Crippen LogP contribution in [0.4, 0.5) is 5.69 Å². The summed E-state index contributed by atoms with van der Waals surface area (Å²) in [4.78, 5) is 2.55. The highest BCUT2D eigenvalue weighted by molar-refractivity contribution is 5.85. The number of hydrogen-bond donors (Lipinski definition) is 1. The summed E-state index contributed by atoms with van der Waals surface area (Å²) in [6, 6.07) is 20.4. The number of benzene rings is 2. The topological polar surface area (TPSA) is 15.3 Å². The molecule has 3 rings (SSSR count). The zero-order valence-electron chi connectivity index (χ0n) is 14.7. The van der Waals surface area contributed by atoms with Crippen LogP contribution in [-0.4, -0.2) is 24.5 Å². The lowest BCUT2D eigenvalue weighted by atomic mass is 10.1. The molecule has 2 nitrogen and oxygen atoms in total. The van der Waals surface area contributed by atoms with Crippen LogP contribution in [0.25, 0.3) is 0 Å². The summed E-state index contributed by atoms with van der Waals surface area (Å²) in [7, 11) is 2.28. The second-order valence-corrected chi connectivity index (χ2v) is 6.65. The van der Waals surface area contributed by atoms with E-state index >= 15 is 0 Å². The Morgan fingerprint density at radius 1 is 1.00 bits per heavy atom. The van der Waals surface area contributed by atoms with Crippen LogP contribution >= 0.6 is 12.4 Å². The lowest BCUT2D eigenvalue weighted by Crippen LogP contribution is -2.38. The molecule has 0 heterocycles. The van der Waals surface area contributed by atoms with E-state index in [2.05, 4.69) is 78.8 Å². The minimum atomic E-state index is 0. The van der Waals surface area contributed by atoms with Gasteiger partial charge < -0.3 is 10.2 Å². The lowest BCUT2D eigenvalue weighted by Gasteiger charge is -2.31. The molecule has 130 valence electrons. The van der Waals surface area contributed by atoms with E-state index in [1.54, 1.807) is 0 Å². The molecular weight excluding hydrogens is 316 g/mol. The number of anilines is 1. The van der Waals surface area contributed by atoms with Gasteiger partial charge in [-0.05, 0) is 49.7 Å². The van der Waals surface area contributed by atoms with Crippen molar-refractivity contribution in [2.75, 3.05) is 18.9 Å². The van der Waals surface area contributed by atoms with E-state index < -0.39 is 0 Å². The third-order valence-electron chi connectivity index (χ3n) is 4.98. The molecule has 0 bridgehead atoms. The molecule has 0 saturated carbocycles. The molecule has 3 heteroatoms. The molecule has 24 heavy (non-hydrogen) atoms. The molecule has 2 aromatic rings. The first-order valence-electron chi connectivity index (χ1n) is 8.89. The van der Waals surface area contributed by atoms with Crippen LogP contribution in [0.3, 0.4) is 0 Å². The summed E-state index contributed by atoms with van der Waals surface area (Å²) in [6.07, 6.45) is 5.03. The van der Waals surface area contributed by atoms with Crippen molar-refractivity contribution in [3.05, 3.63) is 65.7 Å². The number of fused-ring (bicyclic) bond motifs is 1. The Morgan fingerprint density at radius 3 is 2.46 bits per heavy atom. The van der Waals surface area contributed by atoms with Crippen LogP contribution in [0.2, 0.25) is 0 Å². The molecule has 2 atom stereocenters. The highest BCUT2D eigenvalue weighted by Gasteiger charge is 2.34. The van der Waals surface area contributed by atoms with Gasteiger partial charge in [0.05, 0.1) is 6.04 Å². The highest BCUT2D eigenvalue weighted by atomic mass is 35.5. The maximum absolute atomic E-state index is 3.78. The maximum Gasteiger partial charge on any atom is 0.0675 e. The molecule has 0 saturated heterocycles. The zero-order chi connectivity index (χ0) is 16.1. The third-order valence-corrected chi connectivity index (χ3v) is 4.98. The third kappa shape index (κ3) is 4.31. The number of para-hydroxylation sites is 1. The standard InChI is InChI=1S/C21H28N2.ClH/c1-3-4-10-15-23(2)20-16-17-11-8-9-14-19(17)21(20)22-18-12-6-5-7-13-18;/h5-9,11-14,20-22H,3-4,10,15-16H2,1-2H3;1H/t20-,21-;/m1./s1. The predicted octanol–water partition coefficient (Wildman–Crippen LogP) is 5.31. The summed E-state index contributed by atoms with van der Waals surface area (Å²) in [5, 5.41) is 3.78. The summed E-state index contributed by atoms with van der Waals surface area (Å²) < 4.78 is 0. The lowest BCUT2D eigenvalue weighted by molar-refractivity contribution is 0.225. The van der Waals surface area contributed by atoms with Gasteiger partial charge >= 0.3 is 0 Å². The van der Waals surface area contributed by atoms with E-state index in [4.69, 9.17) is 0 Å². The van der Waals surface area contributed by atoms with Gasteiger partial charge in [0.1, 0.15) is 0 Å². The Balaban J connectivity index is 0.00000208. The van der Waals surface area contributed by atoms with Crippen molar-refractivity contribution in [2.24, 2.45) is 0 Å². The number of halogens is 1. The Kier molecular flexibility index (Phi) is 7.14. The molecule has 0 spiro atoms. The SMILES string of the molecule is CCCCCN(C)[C@@H]1Cc2ccccc2[C@H]1Nc1ccccc1.Cl. The number of rotatable bonds is 7. The van der Waals surface area contributed by atoms with E-state index in [0.717, 1.165) is 6.42 Å². The average Bonchev–Trinajstić information content (AvgIpc) is 2.95. The van der Waals surface area contributed by atoms with Crippen LogP contribution in [0.15, 0.2) is 54.6 Å². The van der Waals surface area contributed by atoms with Crippen molar-refractivity contribution in [3.8, 4) is 0 Å². The summed E-state index contributed by atoms with van der Waals surface area (Å²) in [6.45, 7) is 3.45. The zero-order valence-corrected chi connectivity index (χ0v) is 15.6. The minimum absolute atomic E-state index is 0. The fourth-order valence-electron chi connectivity index (χ4n) is 3.65. The van der Waals surface area contributed by atoms with Gasteiger partial charge in [0.2, 0.25) is 0 Å². The first-order valence-corrected chi connectivity index (χ1v) is 8.89. The Hall–Kier alpha value is -1.51. The molecule has 0 unspecified atom stereocenters. The van der Waals surface area contributed by atoms with Crippen molar-refractivity contribution < 1.29 is 0 Å². The number of nitrogens with one attached hydrogen (secondary N) is 1. The molecule has 0 fully saturated rings. The average molecular weight is 345 g/mol. The molecule has 0 radical (unpaired) electrons. The molecule has 1 aliphatic rings. The van der Waals surface area contributed by atoms with E-state index in [1.807, 2.05) is 0 Å². The van der Waals surface area contributed by atoms with Crippen LogP contribution < -0.4 is 5.32 Å². The smallest absolute Gasteiger partial charge is 0.0675 e. The summed E-state index contributed by atoms with van der Waals surface area (Å²) in [5.41, 5.74) is 4.16. The first kappa shape index (κ1) is 18.8.